The predicted octanol–water partition coefficient (Wildman–Crippen LogP) is 5.61. The van der Waals surface area contributed by atoms with Gasteiger partial charge in [0.25, 0.3) is 0 Å². The van der Waals surface area contributed by atoms with Gasteiger partial charge in [0.05, 0.1) is 19.1 Å². The van der Waals surface area contributed by atoms with E-state index in [0.717, 1.165) is 50.1 Å². The molecular weight excluding hydrogens is 564 g/mol. The lowest BCUT2D eigenvalue weighted by molar-refractivity contribution is -0.141. The van der Waals surface area contributed by atoms with Crippen molar-refractivity contribution in [3.63, 3.8) is 0 Å². The molecular formula is C31H36F4N6O2. The van der Waals surface area contributed by atoms with Crippen LogP contribution in [0, 0.1) is 30.5 Å². The van der Waals surface area contributed by atoms with Crippen molar-refractivity contribution in [2.45, 2.75) is 64.7 Å². The summed E-state index contributed by atoms with van der Waals surface area (Å²) in [5.74, 6) is 2.56. The van der Waals surface area contributed by atoms with Gasteiger partial charge >= 0.3 is 6.18 Å². The Balaban J connectivity index is 0.946. The Morgan fingerprint density at radius 1 is 1.09 bits per heavy atom. The first-order valence-electron chi connectivity index (χ1n) is 15.0. The lowest BCUT2D eigenvalue weighted by Crippen LogP contribution is -2.41. The van der Waals surface area contributed by atoms with Crippen molar-refractivity contribution in [1.82, 2.24) is 24.4 Å². The van der Waals surface area contributed by atoms with Crippen LogP contribution in [0.5, 0.6) is 5.75 Å². The quantitative estimate of drug-likeness (QED) is 0.313. The zero-order valence-electron chi connectivity index (χ0n) is 24.4. The number of hydrogen-bond acceptors (Lipinski definition) is 6. The van der Waals surface area contributed by atoms with E-state index in [2.05, 4.69) is 19.9 Å². The number of carbonyl (C=O) groups is 1. The number of carbonyl (C=O) groups excluding carboxylic acids is 1. The normalized spacial score (nSPS) is 22.4. The van der Waals surface area contributed by atoms with Crippen LogP contribution in [0.3, 0.4) is 0 Å². The molecule has 6 rings (SSSR count). The minimum Gasteiger partial charge on any atom is -0.493 e. The van der Waals surface area contributed by atoms with Gasteiger partial charge in [0, 0.05) is 50.8 Å². The molecule has 8 nitrogen and oxygen atoms in total. The number of alkyl halides is 3. The molecule has 2 aliphatic heterocycles. The summed E-state index contributed by atoms with van der Waals surface area (Å²) >= 11 is 0. The van der Waals surface area contributed by atoms with Crippen LogP contribution >= 0.6 is 0 Å². The van der Waals surface area contributed by atoms with Crippen LogP contribution in [-0.4, -0.2) is 56.6 Å². The van der Waals surface area contributed by atoms with E-state index < -0.39 is 23.7 Å². The molecule has 12 heteroatoms. The highest BCUT2D eigenvalue weighted by atomic mass is 19.4. The van der Waals surface area contributed by atoms with Crippen molar-refractivity contribution in [1.29, 1.82) is 0 Å². The highest BCUT2D eigenvalue weighted by Gasteiger charge is 2.43. The van der Waals surface area contributed by atoms with E-state index in [-0.39, 0.29) is 36.8 Å². The second kappa shape index (κ2) is 11.8. The third-order valence-corrected chi connectivity index (χ3v) is 9.14. The molecule has 2 fully saturated rings. The van der Waals surface area contributed by atoms with E-state index >= 15 is 0 Å². The summed E-state index contributed by atoms with van der Waals surface area (Å²) < 4.78 is 61.5. The maximum Gasteiger partial charge on any atom is 0.434 e. The maximum absolute atomic E-state index is 14.9. The number of rotatable bonds is 8. The lowest BCUT2D eigenvalue weighted by Gasteiger charge is -2.34. The van der Waals surface area contributed by atoms with Gasteiger partial charge in [0.1, 0.15) is 17.4 Å². The van der Waals surface area contributed by atoms with Crippen molar-refractivity contribution in [2.24, 2.45) is 17.8 Å². The maximum atomic E-state index is 14.9. The van der Waals surface area contributed by atoms with Crippen LogP contribution in [0.2, 0.25) is 0 Å². The molecule has 0 radical (unpaired) electrons. The molecule has 2 aromatic heterocycles. The van der Waals surface area contributed by atoms with Gasteiger partial charge in [-0.2, -0.15) is 13.2 Å². The van der Waals surface area contributed by atoms with Crippen LogP contribution < -0.4 is 9.64 Å². The van der Waals surface area contributed by atoms with Crippen molar-refractivity contribution < 1.29 is 27.1 Å². The number of aromatic nitrogens is 4. The SMILES string of the molecule is Cc1cnc(N2CCC([C@H]3C[C@H]3CCOc3ccc(CC(=O)N4CCn5cc(C(F)(F)F)nc5C4C)c(F)c3)CC2)nc1. The van der Waals surface area contributed by atoms with Gasteiger partial charge in [-0.05, 0) is 74.5 Å². The van der Waals surface area contributed by atoms with Gasteiger partial charge in [-0.3, -0.25) is 4.79 Å². The Kier molecular flexibility index (Phi) is 8.04. The largest absolute Gasteiger partial charge is 0.493 e. The third-order valence-electron chi connectivity index (χ3n) is 9.14. The fourth-order valence-corrected chi connectivity index (χ4v) is 6.58. The molecule has 0 N–H and O–H groups in total. The molecule has 1 aromatic carbocycles. The summed E-state index contributed by atoms with van der Waals surface area (Å²) in [7, 11) is 0. The van der Waals surface area contributed by atoms with Crippen molar-refractivity contribution in [3.05, 3.63) is 65.3 Å². The Bertz CT molecular complexity index is 1450. The number of piperidine rings is 1. The zero-order chi connectivity index (χ0) is 30.3. The van der Waals surface area contributed by atoms with E-state index in [0.29, 0.717) is 30.1 Å². The molecule has 43 heavy (non-hydrogen) atoms. The predicted molar refractivity (Wildman–Crippen MR) is 151 cm³/mol. The van der Waals surface area contributed by atoms with Gasteiger partial charge in [0.2, 0.25) is 11.9 Å². The van der Waals surface area contributed by atoms with E-state index in [1.165, 1.54) is 22.0 Å². The first-order chi connectivity index (χ1) is 20.6. The number of halogens is 4. The van der Waals surface area contributed by atoms with E-state index in [4.69, 9.17) is 4.74 Å². The van der Waals surface area contributed by atoms with E-state index in [1.807, 2.05) is 19.3 Å². The topological polar surface area (TPSA) is 76.4 Å². The molecule has 1 saturated heterocycles. The second-order valence-corrected chi connectivity index (χ2v) is 12.1. The number of ether oxygens (including phenoxy) is 1. The molecule has 0 bridgehead atoms. The number of imidazole rings is 1. The molecule has 1 unspecified atom stereocenters. The van der Waals surface area contributed by atoms with Gasteiger partial charge in [-0.15, -0.1) is 0 Å². The summed E-state index contributed by atoms with van der Waals surface area (Å²) in [5.41, 5.74) is 0.305. The summed E-state index contributed by atoms with van der Waals surface area (Å²) in [6.45, 7) is 6.51. The smallest absolute Gasteiger partial charge is 0.434 e. The van der Waals surface area contributed by atoms with Crippen LogP contribution in [0.25, 0.3) is 0 Å². The highest BCUT2D eigenvalue weighted by molar-refractivity contribution is 5.79. The molecule has 1 aliphatic carbocycles. The minimum atomic E-state index is -4.55. The minimum absolute atomic E-state index is 0.177. The highest BCUT2D eigenvalue weighted by Crippen LogP contribution is 2.50. The summed E-state index contributed by atoms with van der Waals surface area (Å²) in [6, 6.07) is 3.87. The third kappa shape index (κ3) is 6.47. The second-order valence-electron chi connectivity index (χ2n) is 12.1. The van der Waals surface area contributed by atoms with Crippen molar-refractivity contribution in [3.8, 4) is 5.75 Å². The molecule has 3 aliphatic rings. The van der Waals surface area contributed by atoms with Crippen LogP contribution in [0.15, 0.2) is 36.8 Å². The molecule has 3 aromatic rings. The van der Waals surface area contributed by atoms with Gasteiger partial charge in [0.15, 0.2) is 5.69 Å². The first-order valence-corrected chi connectivity index (χ1v) is 15.0. The molecule has 1 saturated carbocycles. The number of aryl methyl sites for hydroxylation is 1. The average molecular weight is 601 g/mol. The number of fused-ring (bicyclic) bond motifs is 1. The molecule has 230 valence electrons. The fourth-order valence-electron chi connectivity index (χ4n) is 6.58. The van der Waals surface area contributed by atoms with E-state index in [1.54, 1.807) is 19.1 Å². The lowest BCUT2D eigenvalue weighted by atomic mass is 9.90. The monoisotopic (exact) mass is 600 g/mol. The molecule has 0 spiro atoms. The van der Waals surface area contributed by atoms with Gasteiger partial charge < -0.3 is 19.1 Å². The molecule has 4 heterocycles. The van der Waals surface area contributed by atoms with Crippen molar-refractivity contribution >= 4 is 11.9 Å². The Hall–Kier alpha value is -3.70. The number of benzene rings is 1. The number of anilines is 1. The number of amides is 1. The molecule has 3 atom stereocenters. The Morgan fingerprint density at radius 2 is 1.84 bits per heavy atom. The molecule has 1 amide bonds. The number of nitrogens with zero attached hydrogens (tertiary/aromatic N) is 6. The van der Waals surface area contributed by atoms with Gasteiger partial charge in [-0.1, -0.05) is 6.07 Å². The average Bonchev–Trinajstić information content (AvgIpc) is 3.60. The van der Waals surface area contributed by atoms with Crippen LogP contribution in [0.4, 0.5) is 23.5 Å². The summed E-state index contributed by atoms with van der Waals surface area (Å²) in [4.78, 5) is 29.3. The Labute approximate surface area is 248 Å². The van der Waals surface area contributed by atoms with Crippen molar-refractivity contribution in [2.75, 3.05) is 31.1 Å². The van der Waals surface area contributed by atoms with Gasteiger partial charge in [-0.25, -0.2) is 19.3 Å². The van der Waals surface area contributed by atoms with Crippen LogP contribution in [0.1, 0.15) is 61.3 Å². The van der Waals surface area contributed by atoms with Crippen LogP contribution in [-0.2, 0) is 23.9 Å². The standard InChI is InChI=1S/C31H36F4N6O2/c1-19-16-36-30(37-17-19)39-8-5-21(6-9-39)25-13-22(25)7-12-43-24-4-3-23(26(32)15-24)14-28(42)41-11-10-40-18-27(31(33,34)35)38-29(40)20(41)2/h3-4,15-18,20-22,25H,5-14H2,1-2H3/t20?,22-,25-/m1/s1. The summed E-state index contributed by atoms with van der Waals surface area (Å²) in [6.07, 6.45) is 4.35. The van der Waals surface area contributed by atoms with E-state index in [9.17, 15) is 22.4 Å². The number of hydrogen-bond donors (Lipinski definition) is 0. The fraction of sp³-hybridized carbons (Fsp3) is 0.548. The summed E-state index contributed by atoms with van der Waals surface area (Å²) in [5, 5.41) is 0. The Morgan fingerprint density at radius 3 is 2.53 bits per heavy atom. The zero-order valence-corrected chi connectivity index (χ0v) is 24.4. The first kappa shape index (κ1) is 29.4.